The molecule has 3 heteroatoms. The first-order valence-corrected chi connectivity index (χ1v) is 15.1. The van der Waals surface area contributed by atoms with Crippen molar-refractivity contribution in [1.29, 1.82) is 0 Å². The smallest absolute Gasteiger partial charge is 1.00 e. The minimum absolute atomic E-state index is 0. The molecule has 1 aliphatic heterocycles. The average Bonchev–Trinajstić information content (AvgIpc) is 3.13. The number of benzene rings is 2. The van der Waals surface area contributed by atoms with Crippen LogP contribution in [0.25, 0.3) is 12.2 Å². The molecule has 3 aliphatic rings. The molecule has 1 heterocycles. The minimum atomic E-state index is -2.25. The number of rotatable bonds is 2. The van der Waals surface area contributed by atoms with E-state index in [1.54, 1.807) is 30.5 Å². The Labute approximate surface area is 167 Å². The number of hydrogen-bond donors (Lipinski definition) is 0. The van der Waals surface area contributed by atoms with Crippen LogP contribution in [-0.2, 0) is 20.3 Å². The van der Waals surface area contributed by atoms with Gasteiger partial charge in [0, 0.05) is 0 Å². The van der Waals surface area contributed by atoms with Gasteiger partial charge in [-0.05, 0) is 0 Å². The van der Waals surface area contributed by atoms with Crippen LogP contribution in [0.1, 0.15) is 43.4 Å². The van der Waals surface area contributed by atoms with E-state index in [0.717, 1.165) is 7.25 Å². The molecule has 0 amide bonds. The van der Waals surface area contributed by atoms with Gasteiger partial charge in [-0.2, -0.15) is 0 Å². The van der Waals surface area contributed by atoms with Gasteiger partial charge >= 0.3 is 144 Å². The van der Waals surface area contributed by atoms with Gasteiger partial charge in [-0.25, -0.2) is 0 Å². The van der Waals surface area contributed by atoms with E-state index in [9.17, 15) is 0 Å². The Morgan fingerprint density at radius 1 is 0.680 bits per heavy atom. The summed E-state index contributed by atoms with van der Waals surface area (Å²) in [5.41, 5.74) is 9.58. The van der Waals surface area contributed by atoms with E-state index in [2.05, 4.69) is 74.5 Å². The molecule has 0 radical (unpaired) electrons. The number of hydrogen-bond acceptors (Lipinski definition) is 0. The van der Waals surface area contributed by atoms with Crippen LogP contribution in [0.4, 0.5) is 0 Å². The molecule has 0 bridgehead atoms. The maximum atomic E-state index is 2.47. The van der Waals surface area contributed by atoms with E-state index in [1.165, 1.54) is 11.1 Å². The van der Waals surface area contributed by atoms with Crippen LogP contribution in [0.15, 0.2) is 59.7 Å². The predicted octanol–water partition coefficient (Wildman–Crippen LogP) is 0.315. The summed E-state index contributed by atoms with van der Waals surface area (Å²) in [7, 11) is 0. The Morgan fingerprint density at radius 2 is 1.08 bits per heavy atom. The molecule has 2 atom stereocenters. The first kappa shape index (κ1) is 19.2. The van der Waals surface area contributed by atoms with Crippen molar-refractivity contribution < 1.29 is 45.1 Å². The van der Waals surface area contributed by atoms with Crippen molar-refractivity contribution in [2.45, 2.75) is 29.4 Å². The summed E-state index contributed by atoms with van der Waals surface area (Å²) in [5.74, 6) is 0. The SMILES string of the molecule is CC1=Cc2ccccc2[C@@H]1[Zr+2]1([C@H]2C(C)=Cc3ccccc32)[CH2][CH2]1.[Cl-].[Cl-]. The maximum absolute atomic E-state index is 2.47. The molecule has 2 aromatic rings. The van der Waals surface area contributed by atoms with Gasteiger partial charge in [0.25, 0.3) is 0 Å². The van der Waals surface area contributed by atoms with Crippen LogP contribution in [0.2, 0.25) is 8.26 Å². The second-order valence-corrected chi connectivity index (χ2v) is 19.0. The molecule has 5 rings (SSSR count). The third-order valence-corrected chi connectivity index (χ3v) is 19.8. The van der Waals surface area contributed by atoms with Gasteiger partial charge in [-0.15, -0.1) is 0 Å². The average molecular weight is 449 g/mol. The molecule has 1 saturated heterocycles. The standard InChI is InChI=1S/2C10H9.C2H4.2ClH.Zr/c2*1-8-6-9-4-2-3-5-10(9)7-8;1-2;;;/h2*2-7H,1H3;1-2H2;2*1H;/q;;;;;+2/p-2. The van der Waals surface area contributed by atoms with Crippen LogP contribution in [-0.4, -0.2) is 0 Å². The monoisotopic (exact) mass is 446 g/mol. The summed E-state index contributed by atoms with van der Waals surface area (Å²) < 4.78 is 4.73. The zero-order chi connectivity index (χ0) is 15.6. The second kappa shape index (κ2) is 6.84. The van der Waals surface area contributed by atoms with E-state index < -0.39 is 20.3 Å². The summed E-state index contributed by atoms with van der Waals surface area (Å²) in [4.78, 5) is 0. The number of fused-ring (bicyclic) bond motifs is 2. The van der Waals surface area contributed by atoms with E-state index in [4.69, 9.17) is 0 Å². The third kappa shape index (κ3) is 2.75. The predicted molar refractivity (Wildman–Crippen MR) is 95.3 cm³/mol. The maximum Gasteiger partial charge on any atom is -1.00 e. The molecular formula is C22H22Cl2Zr. The molecule has 2 aromatic carbocycles. The number of halogens is 2. The summed E-state index contributed by atoms with van der Waals surface area (Å²) in [6, 6.07) is 18.3. The van der Waals surface area contributed by atoms with Gasteiger partial charge in [0.2, 0.25) is 0 Å². The molecule has 128 valence electrons. The molecule has 0 saturated carbocycles. The fourth-order valence-electron chi connectivity index (χ4n) is 5.37. The summed E-state index contributed by atoms with van der Waals surface area (Å²) in [5, 5.41) is 0. The van der Waals surface area contributed by atoms with E-state index in [1.807, 2.05) is 0 Å². The normalized spacial score (nSPS) is 23.0. The molecule has 0 N–H and O–H groups in total. The Balaban J connectivity index is 0.000000911. The number of allylic oxidation sites excluding steroid dienone is 2. The fraction of sp³-hybridized carbons (Fsp3) is 0.273. The first-order chi connectivity index (χ1) is 11.2. The molecule has 0 unspecified atom stereocenters. The van der Waals surface area contributed by atoms with Crippen LogP contribution in [0, 0.1) is 0 Å². The van der Waals surface area contributed by atoms with E-state index >= 15 is 0 Å². The van der Waals surface area contributed by atoms with Gasteiger partial charge in [-0.3, -0.25) is 0 Å². The van der Waals surface area contributed by atoms with Gasteiger partial charge in [0.05, 0.1) is 0 Å². The molecule has 0 nitrogen and oxygen atoms in total. The minimum Gasteiger partial charge on any atom is -1.00 e. The molecule has 1 fully saturated rings. The molecule has 0 aromatic heterocycles. The third-order valence-electron chi connectivity index (χ3n) is 6.27. The summed E-state index contributed by atoms with van der Waals surface area (Å²) >= 11 is -2.25. The van der Waals surface area contributed by atoms with Crippen molar-refractivity contribution in [3.63, 3.8) is 0 Å². The zero-order valence-corrected chi connectivity index (χ0v) is 18.6. The van der Waals surface area contributed by atoms with Gasteiger partial charge in [0.1, 0.15) is 0 Å². The van der Waals surface area contributed by atoms with Gasteiger partial charge in [0.15, 0.2) is 0 Å². The van der Waals surface area contributed by atoms with Crippen molar-refractivity contribution in [1.82, 2.24) is 0 Å². The van der Waals surface area contributed by atoms with Crippen molar-refractivity contribution in [2.75, 3.05) is 0 Å². The van der Waals surface area contributed by atoms with Crippen molar-refractivity contribution in [3.8, 4) is 0 Å². The topological polar surface area (TPSA) is 0 Å². The van der Waals surface area contributed by atoms with Crippen molar-refractivity contribution in [3.05, 3.63) is 81.9 Å². The zero-order valence-electron chi connectivity index (χ0n) is 14.6. The van der Waals surface area contributed by atoms with Crippen LogP contribution in [0.5, 0.6) is 0 Å². The van der Waals surface area contributed by atoms with Crippen LogP contribution in [0.3, 0.4) is 0 Å². The van der Waals surface area contributed by atoms with Gasteiger partial charge in [-0.1, -0.05) is 0 Å². The van der Waals surface area contributed by atoms with Crippen molar-refractivity contribution >= 4 is 12.2 Å². The second-order valence-electron chi connectivity index (χ2n) is 7.63. The first-order valence-electron chi connectivity index (χ1n) is 8.75. The Kier molecular flexibility index (Phi) is 5.24. The molecule has 25 heavy (non-hydrogen) atoms. The Hall–Kier alpha value is -0.617. The molecular weight excluding hydrogens is 426 g/mol. The summed E-state index contributed by atoms with van der Waals surface area (Å²) in [6.07, 6.45) is 4.94. The van der Waals surface area contributed by atoms with Crippen LogP contribution < -0.4 is 24.8 Å². The fourth-order valence-corrected chi connectivity index (χ4v) is 23.1. The van der Waals surface area contributed by atoms with E-state index in [0.29, 0.717) is 0 Å². The largest absolute Gasteiger partial charge is 1.00 e. The van der Waals surface area contributed by atoms with E-state index in [-0.39, 0.29) is 24.8 Å². The molecule has 2 aliphatic carbocycles. The Bertz CT molecular complexity index is 808. The summed E-state index contributed by atoms with van der Waals surface area (Å²) in [6.45, 7) is 4.78. The van der Waals surface area contributed by atoms with Crippen molar-refractivity contribution in [2.24, 2.45) is 0 Å². The Morgan fingerprint density at radius 3 is 1.48 bits per heavy atom. The van der Waals surface area contributed by atoms with Gasteiger partial charge < -0.3 is 24.8 Å². The quantitative estimate of drug-likeness (QED) is 0.621. The van der Waals surface area contributed by atoms with Crippen LogP contribution >= 0.6 is 0 Å². The molecule has 0 spiro atoms.